The van der Waals surface area contributed by atoms with Gasteiger partial charge in [0.2, 0.25) is 0 Å². The number of aryl methyl sites for hydroxylation is 1. The van der Waals surface area contributed by atoms with Crippen molar-refractivity contribution in [1.29, 1.82) is 0 Å². The van der Waals surface area contributed by atoms with Crippen LogP contribution >= 0.6 is 0 Å². The largest absolute Gasteiger partial charge is 0.303 e. The lowest BCUT2D eigenvalue weighted by atomic mass is 10.0. The van der Waals surface area contributed by atoms with E-state index in [1.165, 1.54) is 6.08 Å². The summed E-state index contributed by atoms with van der Waals surface area (Å²) in [7, 11) is 0. The molecule has 0 N–H and O–H groups in total. The number of nitrogens with zero attached hydrogens (tertiary/aromatic N) is 4. The maximum Gasteiger partial charge on any atom is 0.118 e. The van der Waals surface area contributed by atoms with Crippen LogP contribution in [0.25, 0.3) is 0 Å². The minimum absolute atomic E-state index is 0.180. The molecule has 0 radical (unpaired) electrons. The highest BCUT2D eigenvalue weighted by Gasteiger charge is 2.11. The fraction of sp³-hybridized carbons (Fsp3) is 0.667. The Kier molecular flexibility index (Phi) is 8.72. The van der Waals surface area contributed by atoms with Gasteiger partial charge in [-0.3, -0.25) is 13.5 Å². The van der Waals surface area contributed by atoms with E-state index in [1.54, 1.807) is 10.8 Å². The van der Waals surface area contributed by atoms with Crippen LogP contribution in [0.5, 0.6) is 0 Å². The van der Waals surface area contributed by atoms with E-state index in [-0.39, 0.29) is 25.1 Å². The van der Waals surface area contributed by atoms with Crippen molar-refractivity contribution < 1.29 is 13.2 Å². The third-order valence-electron chi connectivity index (χ3n) is 4.27. The SMILES string of the molecule is FCCCN(CCCF)CCCc1cn(CC2C=CC(F)=CC2)nn1. The molecule has 0 aliphatic heterocycles. The van der Waals surface area contributed by atoms with E-state index in [1.807, 2.05) is 12.3 Å². The van der Waals surface area contributed by atoms with Crippen LogP contribution in [0.3, 0.4) is 0 Å². The molecule has 0 saturated carbocycles. The maximum atomic E-state index is 13.0. The molecule has 1 heterocycles. The van der Waals surface area contributed by atoms with Crippen LogP contribution in [-0.4, -0.2) is 52.9 Å². The molecule has 0 fully saturated rings. The van der Waals surface area contributed by atoms with Gasteiger partial charge in [-0.1, -0.05) is 11.3 Å². The average molecular weight is 356 g/mol. The van der Waals surface area contributed by atoms with Gasteiger partial charge in [0.1, 0.15) is 5.83 Å². The first-order valence-corrected chi connectivity index (χ1v) is 8.98. The molecule has 0 saturated heterocycles. The van der Waals surface area contributed by atoms with Crippen LogP contribution in [0.1, 0.15) is 31.4 Å². The van der Waals surface area contributed by atoms with E-state index in [0.717, 1.165) is 25.1 Å². The molecule has 25 heavy (non-hydrogen) atoms. The normalized spacial score (nSPS) is 17.3. The van der Waals surface area contributed by atoms with Gasteiger partial charge in [-0.25, -0.2) is 4.39 Å². The number of halogens is 3. The summed E-state index contributed by atoms with van der Waals surface area (Å²) < 4.78 is 39.4. The van der Waals surface area contributed by atoms with E-state index < -0.39 is 0 Å². The Morgan fingerprint density at radius 1 is 1.12 bits per heavy atom. The van der Waals surface area contributed by atoms with Gasteiger partial charge in [0.05, 0.1) is 19.0 Å². The van der Waals surface area contributed by atoms with Crippen molar-refractivity contribution in [3.63, 3.8) is 0 Å². The average Bonchev–Trinajstić information content (AvgIpc) is 3.06. The second kappa shape index (κ2) is 11.1. The van der Waals surface area contributed by atoms with Crippen molar-refractivity contribution in [3.8, 4) is 0 Å². The number of aromatic nitrogens is 3. The lowest BCUT2D eigenvalue weighted by Crippen LogP contribution is -2.28. The number of allylic oxidation sites excluding steroid dienone is 4. The van der Waals surface area contributed by atoms with Gasteiger partial charge in [0, 0.05) is 31.7 Å². The van der Waals surface area contributed by atoms with E-state index in [0.29, 0.717) is 38.9 Å². The highest BCUT2D eigenvalue weighted by molar-refractivity contribution is 5.17. The standard InChI is InChI=1S/C18H27F3N4/c19-9-2-12-24(13-3-10-20)11-1-4-18-15-25(23-22-18)14-16-5-7-17(21)8-6-16/h5,7-8,15-16H,1-4,6,9-14H2. The second-order valence-electron chi connectivity index (χ2n) is 6.41. The molecule has 0 amide bonds. The molecule has 1 aromatic rings. The smallest absolute Gasteiger partial charge is 0.118 e. The molecule has 1 atom stereocenters. The van der Waals surface area contributed by atoms with E-state index in [9.17, 15) is 13.2 Å². The Balaban J connectivity index is 1.72. The molecule has 7 heteroatoms. The highest BCUT2D eigenvalue weighted by atomic mass is 19.1. The molecule has 140 valence electrons. The lowest BCUT2D eigenvalue weighted by molar-refractivity contribution is 0.243. The highest BCUT2D eigenvalue weighted by Crippen LogP contribution is 2.18. The van der Waals surface area contributed by atoms with Gasteiger partial charge in [-0.05, 0) is 50.8 Å². The number of hydrogen-bond donors (Lipinski definition) is 0. The Morgan fingerprint density at radius 3 is 2.48 bits per heavy atom. The van der Waals surface area contributed by atoms with Crippen LogP contribution in [0.15, 0.2) is 30.3 Å². The van der Waals surface area contributed by atoms with Crippen LogP contribution in [0.4, 0.5) is 13.2 Å². The van der Waals surface area contributed by atoms with Crippen LogP contribution < -0.4 is 0 Å². The van der Waals surface area contributed by atoms with E-state index in [4.69, 9.17) is 0 Å². The van der Waals surface area contributed by atoms with Crippen LogP contribution in [0.2, 0.25) is 0 Å². The molecular weight excluding hydrogens is 329 g/mol. The van der Waals surface area contributed by atoms with Crippen LogP contribution in [-0.2, 0) is 13.0 Å². The van der Waals surface area contributed by atoms with E-state index in [2.05, 4.69) is 15.2 Å². The van der Waals surface area contributed by atoms with E-state index >= 15 is 0 Å². The minimum Gasteiger partial charge on any atom is -0.303 e. The first-order chi connectivity index (χ1) is 12.2. The number of hydrogen-bond acceptors (Lipinski definition) is 3. The van der Waals surface area contributed by atoms with Gasteiger partial charge in [0.25, 0.3) is 0 Å². The van der Waals surface area contributed by atoms with Crippen molar-refractivity contribution in [2.45, 2.75) is 38.6 Å². The maximum absolute atomic E-state index is 13.0. The Morgan fingerprint density at radius 2 is 1.84 bits per heavy atom. The predicted octanol–water partition coefficient (Wildman–Crippen LogP) is 3.66. The molecule has 1 aromatic heterocycles. The van der Waals surface area contributed by atoms with Gasteiger partial charge >= 0.3 is 0 Å². The molecule has 0 spiro atoms. The van der Waals surface area contributed by atoms with Gasteiger partial charge in [0.15, 0.2) is 0 Å². The number of rotatable bonds is 12. The van der Waals surface area contributed by atoms with Crippen molar-refractivity contribution >= 4 is 0 Å². The molecule has 0 bridgehead atoms. The zero-order valence-electron chi connectivity index (χ0n) is 14.6. The minimum atomic E-state index is -0.338. The Labute approximate surface area is 147 Å². The van der Waals surface area contributed by atoms with Gasteiger partial charge < -0.3 is 4.90 Å². The summed E-state index contributed by atoms with van der Waals surface area (Å²) in [4.78, 5) is 2.11. The topological polar surface area (TPSA) is 34.0 Å². The molecule has 2 rings (SSSR count). The van der Waals surface area contributed by atoms with Crippen molar-refractivity contribution in [2.75, 3.05) is 33.0 Å². The Hall–Kier alpha value is -1.63. The summed E-state index contributed by atoms with van der Waals surface area (Å²) in [6, 6.07) is 0. The fourth-order valence-corrected chi connectivity index (χ4v) is 2.94. The monoisotopic (exact) mass is 356 g/mol. The lowest BCUT2D eigenvalue weighted by Gasteiger charge is -2.20. The zero-order chi connectivity index (χ0) is 17.9. The summed E-state index contributed by atoms with van der Waals surface area (Å²) >= 11 is 0. The molecular formula is C18H27F3N4. The Bertz CT molecular complexity index is 548. The first-order valence-electron chi connectivity index (χ1n) is 8.98. The summed E-state index contributed by atoms with van der Waals surface area (Å²) in [5.74, 6) is 0.0616. The number of alkyl halides is 2. The van der Waals surface area contributed by atoms with Crippen LogP contribution in [0, 0.1) is 5.92 Å². The van der Waals surface area contributed by atoms with Crippen molar-refractivity contribution in [2.24, 2.45) is 5.92 Å². The summed E-state index contributed by atoms with van der Waals surface area (Å²) in [6.07, 6.45) is 10.2. The summed E-state index contributed by atoms with van der Waals surface area (Å²) in [5, 5.41) is 8.31. The molecule has 1 aliphatic carbocycles. The third-order valence-corrected chi connectivity index (χ3v) is 4.27. The van der Waals surface area contributed by atoms with Crippen molar-refractivity contribution in [1.82, 2.24) is 19.9 Å². The molecule has 1 unspecified atom stereocenters. The van der Waals surface area contributed by atoms with Crippen molar-refractivity contribution in [3.05, 3.63) is 35.9 Å². The second-order valence-corrected chi connectivity index (χ2v) is 6.41. The van der Waals surface area contributed by atoms with Gasteiger partial charge in [-0.15, -0.1) is 5.10 Å². The quantitative estimate of drug-likeness (QED) is 0.573. The molecule has 4 nitrogen and oxygen atoms in total. The first kappa shape index (κ1) is 19.7. The molecule has 1 aliphatic rings. The summed E-state index contributed by atoms with van der Waals surface area (Å²) in [6.45, 7) is 2.15. The molecule has 0 aromatic carbocycles. The predicted molar refractivity (Wildman–Crippen MR) is 92.4 cm³/mol. The van der Waals surface area contributed by atoms with Gasteiger partial charge in [-0.2, -0.15) is 0 Å². The summed E-state index contributed by atoms with van der Waals surface area (Å²) in [5.41, 5.74) is 0.914. The fourth-order valence-electron chi connectivity index (χ4n) is 2.94. The third kappa shape index (κ3) is 7.42. The zero-order valence-corrected chi connectivity index (χ0v) is 14.6.